The SMILES string of the molecule is CC(C)[CH](C)[Al]([CH](C)C(C)C)[CH](C)C(C)C. The van der Waals surface area contributed by atoms with E-state index >= 15 is 0 Å². The zero-order chi connectivity index (χ0) is 13.0. The largest absolute Gasteiger partial charge is 0.272 e. The quantitative estimate of drug-likeness (QED) is 0.529. The van der Waals surface area contributed by atoms with Crippen molar-refractivity contribution in [1.82, 2.24) is 0 Å². The van der Waals surface area contributed by atoms with Crippen molar-refractivity contribution in [1.29, 1.82) is 0 Å². The van der Waals surface area contributed by atoms with Gasteiger partial charge in [0.1, 0.15) is 0 Å². The van der Waals surface area contributed by atoms with Gasteiger partial charge in [0.15, 0.2) is 0 Å². The summed E-state index contributed by atoms with van der Waals surface area (Å²) in [4.78, 5) is 0. The molecule has 0 saturated heterocycles. The first kappa shape index (κ1) is 16.5. The molecule has 0 rings (SSSR count). The van der Waals surface area contributed by atoms with E-state index in [-0.39, 0.29) is 0 Å². The molecule has 0 aromatic heterocycles. The summed E-state index contributed by atoms with van der Waals surface area (Å²) in [6.07, 6.45) is 0. The molecule has 0 fully saturated rings. The third-order valence-electron chi connectivity index (χ3n) is 4.98. The summed E-state index contributed by atoms with van der Waals surface area (Å²) in [5.74, 6) is 2.58. The van der Waals surface area contributed by atoms with Crippen molar-refractivity contribution in [2.24, 2.45) is 17.8 Å². The average molecular weight is 240 g/mol. The highest BCUT2D eigenvalue weighted by molar-refractivity contribution is 6.63. The van der Waals surface area contributed by atoms with Gasteiger partial charge in [-0.3, -0.25) is 0 Å². The van der Waals surface area contributed by atoms with E-state index in [1.165, 1.54) is 0 Å². The van der Waals surface area contributed by atoms with Gasteiger partial charge in [-0.05, 0) is 0 Å². The summed E-state index contributed by atoms with van der Waals surface area (Å²) in [5.41, 5.74) is 0. The predicted octanol–water partition coefficient (Wildman–Crippen LogP) is 5.62. The van der Waals surface area contributed by atoms with Gasteiger partial charge in [0.2, 0.25) is 0 Å². The maximum Gasteiger partial charge on any atom is 0.272 e. The van der Waals surface area contributed by atoms with Crippen molar-refractivity contribution in [3.8, 4) is 0 Å². The van der Waals surface area contributed by atoms with Crippen LogP contribution in [0.2, 0.25) is 14.3 Å². The van der Waals surface area contributed by atoms with E-state index in [1.807, 2.05) is 0 Å². The van der Waals surface area contributed by atoms with Gasteiger partial charge >= 0.3 is 0 Å². The Morgan fingerprint density at radius 2 is 0.625 bits per heavy atom. The van der Waals surface area contributed by atoms with Gasteiger partial charge in [0.05, 0.1) is 0 Å². The van der Waals surface area contributed by atoms with Gasteiger partial charge in [-0.15, -0.1) is 0 Å². The van der Waals surface area contributed by atoms with E-state index in [0.717, 1.165) is 32.1 Å². The molecule has 0 N–H and O–H groups in total. The fourth-order valence-corrected chi connectivity index (χ4v) is 8.31. The van der Waals surface area contributed by atoms with Gasteiger partial charge < -0.3 is 0 Å². The average Bonchev–Trinajstić information content (AvgIpc) is 2.16. The smallest absolute Gasteiger partial charge is 0.0822 e. The Labute approximate surface area is 109 Å². The molecule has 0 aromatic carbocycles. The molecule has 96 valence electrons. The molecule has 3 atom stereocenters. The molecule has 0 heterocycles. The van der Waals surface area contributed by atoms with Crippen LogP contribution in [0.1, 0.15) is 62.3 Å². The van der Waals surface area contributed by atoms with Gasteiger partial charge in [0.25, 0.3) is 14.1 Å². The second kappa shape index (κ2) is 7.08. The highest BCUT2D eigenvalue weighted by Crippen LogP contribution is 2.41. The molecule has 0 aliphatic heterocycles. The van der Waals surface area contributed by atoms with E-state index in [0.29, 0.717) is 0 Å². The van der Waals surface area contributed by atoms with Crippen molar-refractivity contribution in [2.75, 3.05) is 0 Å². The van der Waals surface area contributed by atoms with E-state index in [2.05, 4.69) is 62.3 Å². The summed E-state index contributed by atoms with van der Waals surface area (Å²) in [6, 6.07) is 0. The first-order valence-electron chi connectivity index (χ1n) is 7.20. The summed E-state index contributed by atoms with van der Waals surface area (Å²) >= 11 is -0.690. The van der Waals surface area contributed by atoms with Gasteiger partial charge in [-0.25, -0.2) is 0 Å². The summed E-state index contributed by atoms with van der Waals surface area (Å²) in [5, 5.41) is 0. The lowest BCUT2D eigenvalue weighted by atomic mass is 10.1. The monoisotopic (exact) mass is 240 g/mol. The zero-order valence-corrected chi connectivity index (χ0v) is 14.2. The number of rotatable bonds is 6. The van der Waals surface area contributed by atoms with Crippen molar-refractivity contribution in [3.05, 3.63) is 0 Å². The lowest BCUT2D eigenvalue weighted by Gasteiger charge is -2.36. The van der Waals surface area contributed by atoms with Gasteiger partial charge in [-0.1, -0.05) is 94.4 Å². The fourth-order valence-electron chi connectivity index (χ4n) is 2.77. The van der Waals surface area contributed by atoms with Crippen LogP contribution >= 0.6 is 0 Å². The van der Waals surface area contributed by atoms with Gasteiger partial charge in [0, 0.05) is 0 Å². The van der Waals surface area contributed by atoms with Crippen LogP contribution in [-0.4, -0.2) is 14.1 Å². The lowest BCUT2D eigenvalue weighted by Crippen LogP contribution is -2.35. The molecule has 0 aliphatic rings. The third kappa shape index (κ3) is 4.42. The maximum absolute atomic E-state index is 2.51. The predicted molar refractivity (Wildman–Crippen MR) is 78.5 cm³/mol. The van der Waals surface area contributed by atoms with E-state index in [9.17, 15) is 0 Å². The Morgan fingerprint density at radius 3 is 0.750 bits per heavy atom. The highest BCUT2D eigenvalue weighted by Gasteiger charge is 2.38. The van der Waals surface area contributed by atoms with Crippen LogP contribution in [0.3, 0.4) is 0 Å². The highest BCUT2D eigenvalue weighted by atomic mass is 27.2. The summed E-state index contributed by atoms with van der Waals surface area (Å²) in [6.45, 7) is 22.0. The molecule has 0 radical (unpaired) electrons. The molecule has 0 spiro atoms. The molecular weight excluding hydrogens is 207 g/mol. The van der Waals surface area contributed by atoms with Crippen LogP contribution in [0.15, 0.2) is 0 Å². The standard InChI is InChI=1S/3C5H11.Al/c3*1-4-5(2)3;/h3*4-5H,1-3H3;. The molecule has 16 heavy (non-hydrogen) atoms. The fraction of sp³-hybridized carbons (Fsp3) is 1.00. The normalized spacial score (nSPS) is 18.0. The maximum atomic E-state index is 2.51. The minimum Gasteiger partial charge on any atom is -0.0822 e. The lowest BCUT2D eigenvalue weighted by molar-refractivity contribution is 0.518. The Morgan fingerprint density at radius 1 is 0.438 bits per heavy atom. The van der Waals surface area contributed by atoms with Crippen LogP contribution in [0.4, 0.5) is 0 Å². The Kier molecular flexibility index (Phi) is 7.31. The molecule has 0 nitrogen and oxygen atoms in total. The minimum absolute atomic E-state index is 0.690. The van der Waals surface area contributed by atoms with Crippen molar-refractivity contribution < 1.29 is 0 Å². The second-order valence-electron chi connectivity index (χ2n) is 6.89. The van der Waals surface area contributed by atoms with E-state index in [1.54, 1.807) is 0 Å². The van der Waals surface area contributed by atoms with Crippen molar-refractivity contribution in [3.63, 3.8) is 0 Å². The first-order chi connectivity index (χ1) is 7.20. The zero-order valence-electron chi connectivity index (χ0n) is 13.0. The molecule has 0 bridgehead atoms. The van der Waals surface area contributed by atoms with Crippen LogP contribution in [0, 0.1) is 17.8 Å². The van der Waals surface area contributed by atoms with Crippen LogP contribution in [-0.2, 0) is 0 Å². The second-order valence-corrected chi connectivity index (χ2v) is 11.2. The molecule has 0 saturated carbocycles. The van der Waals surface area contributed by atoms with Crippen LogP contribution in [0.25, 0.3) is 0 Å². The summed E-state index contributed by atoms with van der Waals surface area (Å²) in [7, 11) is 0. The molecule has 3 unspecified atom stereocenters. The molecule has 0 amide bonds. The third-order valence-corrected chi connectivity index (χ3v) is 10.9. The number of hydrogen-bond acceptors (Lipinski definition) is 0. The Hall–Kier alpha value is 0.532. The van der Waals surface area contributed by atoms with E-state index in [4.69, 9.17) is 0 Å². The molecule has 1 heteroatoms. The number of hydrogen-bond donors (Lipinski definition) is 0. The molecule has 0 aromatic rings. The summed E-state index contributed by atoms with van der Waals surface area (Å²) < 4.78 is 2.90. The topological polar surface area (TPSA) is 0 Å². The van der Waals surface area contributed by atoms with Crippen molar-refractivity contribution >= 4 is 14.1 Å². The molecule has 0 aliphatic carbocycles. The van der Waals surface area contributed by atoms with E-state index < -0.39 is 14.1 Å². The van der Waals surface area contributed by atoms with Crippen molar-refractivity contribution in [2.45, 2.75) is 76.7 Å². The van der Waals surface area contributed by atoms with Crippen LogP contribution in [0.5, 0.6) is 0 Å². The molecular formula is C15H33Al. The Bertz CT molecular complexity index is 151. The first-order valence-corrected chi connectivity index (χ1v) is 9.20. The van der Waals surface area contributed by atoms with Crippen LogP contribution < -0.4 is 0 Å². The Balaban J connectivity index is 4.89. The van der Waals surface area contributed by atoms with Gasteiger partial charge in [-0.2, -0.15) is 0 Å². The minimum atomic E-state index is -0.690.